The molecule has 0 unspecified atom stereocenters. The van der Waals surface area contributed by atoms with E-state index in [0.717, 1.165) is 0 Å². The van der Waals surface area contributed by atoms with Crippen molar-refractivity contribution >= 4 is 23.5 Å². The van der Waals surface area contributed by atoms with Crippen LogP contribution in [0.1, 0.15) is 18.9 Å². The van der Waals surface area contributed by atoms with Crippen LogP contribution in [0.3, 0.4) is 0 Å². The van der Waals surface area contributed by atoms with E-state index in [1.165, 1.54) is 6.20 Å². The van der Waals surface area contributed by atoms with Crippen molar-refractivity contribution in [2.45, 2.75) is 25.0 Å². The Morgan fingerprint density at radius 2 is 2.33 bits per heavy atom. The van der Waals surface area contributed by atoms with Crippen LogP contribution in [-0.2, 0) is 10.3 Å². The summed E-state index contributed by atoms with van der Waals surface area (Å²) in [7, 11) is 0. The maximum absolute atomic E-state index is 12.1. The number of pyridine rings is 1. The highest BCUT2D eigenvalue weighted by molar-refractivity contribution is 6.30. The second kappa shape index (κ2) is 3.58. The molecular formula is C11H10ClN3O3. The Morgan fingerprint density at radius 3 is 3.00 bits per heavy atom. The van der Waals surface area contributed by atoms with Crippen LogP contribution < -0.4 is 15.4 Å². The molecule has 2 atom stereocenters. The zero-order valence-electron chi connectivity index (χ0n) is 9.49. The van der Waals surface area contributed by atoms with Crippen LogP contribution in [0.4, 0.5) is 4.79 Å². The molecule has 94 valence electrons. The number of hydrogen-bond acceptors (Lipinski definition) is 4. The maximum atomic E-state index is 12.1. The van der Waals surface area contributed by atoms with Gasteiger partial charge in [0.2, 0.25) is 5.88 Å². The topological polar surface area (TPSA) is 80.3 Å². The van der Waals surface area contributed by atoms with Gasteiger partial charge in [0.15, 0.2) is 5.54 Å². The Balaban J connectivity index is 2.20. The first-order chi connectivity index (χ1) is 8.51. The van der Waals surface area contributed by atoms with Crippen molar-refractivity contribution in [3.63, 3.8) is 0 Å². The summed E-state index contributed by atoms with van der Waals surface area (Å²) in [5, 5.41) is 5.29. The molecule has 1 spiro atoms. The number of fused-ring (bicyclic) bond motifs is 2. The van der Waals surface area contributed by atoms with E-state index in [2.05, 4.69) is 15.6 Å². The Labute approximate surface area is 108 Å². The predicted octanol–water partition coefficient (Wildman–Crippen LogP) is 0.941. The molecule has 0 aromatic carbocycles. The highest BCUT2D eigenvalue weighted by atomic mass is 35.5. The van der Waals surface area contributed by atoms with Crippen molar-refractivity contribution in [2.75, 3.05) is 0 Å². The fourth-order valence-electron chi connectivity index (χ4n) is 2.42. The molecule has 2 aliphatic rings. The lowest BCUT2D eigenvalue weighted by Crippen LogP contribution is -2.49. The Kier molecular flexibility index (Phi) is 2.25. The van der Waals surface area contributed by atoms with Crippen molar-refractivity contribution in [3.05, 3.63) is 22.8 Å². The van der Waals surface area contributed by atoms with Gasteiger partial charge >= 0.3 is 6.03 Å². The number of nitrogens with one attached hydrogen (secondary N) is 2. The van der Waals surface area contributed by atoms with Crippen LogP contribution in [0.5, 0.6) is 5.88 Å². The molecule has 18 heavy (non-hydrogen) atoms. The quantitative estimate of drug-likeness (QED) is 0.686. The summed E-state index contributed by atoms with van der Waals surface area (Å²) in [6.45, 7) is 1.82. The molecule has 0 radical (unpaired) electrons. The summed E-state index contributed by atoms with van der Waals surface area (Å²) in [5.74, 6) is -0.0662. The standard InChI is InChI=1S/C11H10ClN3O3/c1-5-3-11(9(16)14-10(17)15-11)7-2-6(12)4-13-8(7)18-5/h2,4-5H,3H2,1H3,(H2,14,15,16,17)/t5-,11+/m0/s1. The molecule has 0 saturated carbocycles. The third-order valence-corrected chi connectivity index (χ3v) is 3.33. The third kappa shape index (κ3) is 1.45. The van der Waals surface area contributed by atoms with Crippen LogP contribution in [-0.4, -0.2) is 23.0 Å². The van der Waals surface area contributed by atoms with Crippen LogP contribution in [0.2, 0.25) is 5.02 Å². The lowest BCUT2D eigenvalue weighted by Gasteiger charge is -2.35. The fourth-order valence-corrected chi connectivity index (χ4v) is 2.58. The molecule has 1 fully saturated rings. The van der Waals surface area contributed by atoms with Crippen molar-refractivity contribution in [3.8, 4) is 5.88 Å². The van der Waals surface area contributed by atoms with Gasteiger partial charge < -0.3 is 10.1 Å². The minimum Gasteiger partial charge on any atom is -0.474 e. The Morgan fingerprint density at radius 1 is 1.56 bits per heavy atom. The van der Waals surface area contributed by atoms with Gasteiger partial charge in [0.25, 0.3) is 5.91 Å². The summed E-state index contributed by atoms with van der Waals surface area (Å²) in [4.78, 5) is 27.5. The number of ether oxygens (including phenoxy) is 1. The molecule has 3 rings (SSSR count). The van der Waals surface area contributed by atoms with Crippen LogP contribution in [0.15, 0.2) is 12.3 Å². The number of hydrogen-bond donors (Lipinski definition) is 2. The number of rotatable bonds is 0. The second-order valence-electron chi connectivity index (χ2n) is 4.45. The maximum Gasteiger partial charge on any atom is 0.322 e. The molecule has 2 N–H and O–H groups in total. The van der Waals surface area contributed by atoms with Gasteiger partial charge in [0.05, 0.1) is 10.6 Å². The molecule has 1 aromatic heterocycles. The number of carbonyl (C=O) groups is 2. The van der Waals surface area contributed by atoms with Gasteiger partial charge in [0, 0.05) is 12.6 Å². The first kappa shape index (κ1) is 11.3. The van der Waals surface area contributed by atoms with Gasteiger partial charge in [-0.05, 0) is 13.0 Å². The molecule has 3 amide bonds. The normalized spacial score (nSPS) is 29.6. The van der Waals surface area contributed by atoms with E-state index in [9.17, 15) is 9.59 Å². The smallest absolute Gasteiger partial charge is 0.322 e. The monoisotopic (exact) mass is 267 g/mol. The van der Waals surface area contributed by atoms with Gasteiger partial charge in [-0.3, -0.25) is 10.1 Å². The first-order valence-electron chi connectivity index (χ1n) is 5.47. The van der Waals surface area contributed by atoms with Gasteiger partial charge in [-0.25, -0.2) is 9.78 Å². The second-order valence-corrected chi connectivity index (χ2v) is 4.89. The SMILES string of the molecule is C[C@H]1C[C@@]2(NC(=O)NC2=O)c2cc(Cl)cnc2O1. The number of halogens is 1. The highest BCUT2D eigenvalue weighted by Crippen LogP contribution is 2.40. The van der Waals surface area contributed by atoms with E-state index in [4.69, 9.17) is 16.3 Å². The Hall–Kier alpha value is -1.82. The third-order valence-electron chi connectivity index (χ3n) is 3.13. The van der Waals surface area contributed by atoms with E-state index in [-0.39, 0.29) is 6.10 Å². The van der Waals surface area contributed by atoms with Crippen molar-refractivity contribution < 1.29 is 14.3 Å². The van der Waals surface area contributed by atoms with Gasteiger partial charge in [-0.1, -0.05) is 11.6 Å². The summed E-state index contributed by atoms with van der Waals surface area (Å²) >= 11 is 5.90. The van der Waals surface area contributed by atoms with E-state index in [1.807, 2.05) is 6.92 Å². The number of aromatic nitrogens is 1. The summed E-state index contributed by atoms with van der Waals surface area (Å²) in [6, 6.07) is 1.08. The highest BCUT2D eigenvalue weighted by Gasteiger charge is 2.53. The minimum absolute atomic E-state index is 0.227. The number of imide groups is 1. The van der Waals surface area contributed by atoms with E-state index < -0.39 is 17.5 Å². The van der Waals surface area contributed by atoms with Crippen LogP contribution in [0.25, 0.3) is 0 Å². The van der Waals surface area contributed by atoms with Gasteiger partial charge in [-0.15, -0.1) is 0 Å². The zero-order chi connectivity index (χ0) is 12.9. The summed E-state index contributed by atoms with van der Waals surface area (Å²) in [6.07, 6.45) is 1.57. The lowest BCUT2D eigenvalue weighted by atomic mass is 9.83. The fraction of sp³-hybridized carbons (Fsp3) is 0.364. The van der Waals surface area contributed by atoms with Crippen molar-refractivity contribution in [1.29, 1.82) is 0 Å². The Bertz CT molecular complexity index is 562. The molecule has 0 bridgehead atoms. The average molecular weight is 268 g/mol. The summed E-state index contributed by atoms with van der Waals surface area (Å²) < 4.78 is 5.56. The van der Waals surface area contributed by atoms with Crippen molar-refractivity contribution in [2.24, 2.45) is 0 Å². The molecule has 3 heterocycles. The van der Waals surface area contributed by atoms with E-state index in [0.29, 0.717) is 22.9 Å². The predicted molar refractivity (Wildman–Crippen MR) is 62.3 cm³/mol. The molecule has 7 heteroatoms. The zero-order valence-corrected chi connectivity index (χ0v) is 10.2. The molecule has 1 aromatic rings. The van der Waals surface area contributed by atoms with E-state index >= 15 is 0 Å². The number of amides is 3. The largest absolute Gasteiger partial charge is 0.474 e. The molecule has 0 aliphatic carbocycles. The first-order valence-corrected chi connectivity index (χ1v) is 5.85. The van der Waals surface area contributed by atoms with E-state index in [1.54, 1.807) is 6.07 Å². The molecular weight excluding hydrogens is 258 g/mol. The molecule has 1 saturated heterocycles. The average Bonchev–Trinajstić information content (AvgIpc) is 2.55. The number of carbonyl (C=O) groups excluding carboxylic acids is 2. The van der Waals surface area contributed by atoms with Crippen molar-refractivity contribution in [1.82, 2.24) is 15.6 Å². The van der Waals surface area contributed by atoms with Crippen LogP contribution >= 0.6 is 11.6 Å². The summed E-state index contributed by atoms with van der Waals surface area (Å²) in [5.41, 5.74) is -0.626. The molecule has 2 aliphatic heterocycles. The van der Waals surface area contributed by atoms with Gasteiger partial charge in [0.1, 0.15) is 6.10 Å². The number of urea groups is 1. The minimum atomic E-state index is -1.12. The number of nitrogens with zero attached hydrogens (tertiary/aromatic N) is 1. The molecule has 6 nitrogen and oxygen atoms in total. The van der Waals surface area contributed by atoms with Gasteiger partial charge in [-0.2, -0.15) is 0 Å². The van der Waals surface area contributed by atoms with Crippen LogP contribution in [0, 0.1) is 0 Å². The lowest BCUT2D eigenvalue weighted by molar-refractivity contribution is -0.126.